The third-order valence-corrected chi connectivity index (χ3v) is 4.73. The molecule has 25 heavy (non-hydrogen) atoms. The first-order chi connectivity index (χ1) is 12.1. The van der Waals surface area contributed by atoms with E-state index < -0.39 is 0 Å². The number of ether oxygens (including phenoxy) is 2. The molecule has 1 aliphatic heterocycles. The van der Waals surface area contributed by atoms with E-state index in [9.17, 15) is 10.1 Å². The smallest absolute Gasteiger partial charge is 0.270 e. The van der Waals surface area contributed by atoms with Crippen molar-refractivity contribution in [3.8, 4) is 22.8 Å². The quantitative estimate of drug-likeness (QED) is 0.418. The summed E-state index contributed by atoms with van der Waals surface area (Å²) in [4.78, 5) is 10.6. The second-order valence-corrected chi connectivity index (χ2v) is 5.95. The minimum atomic E-state index is -0.365. The van der Waals surface area contributed by atoms with Crippen LogP contribution in [0.2, 0.25) is 0 Å². The molecule has 6 heteroatoms. The van der Waals surface area contributed by atoms with Crippen LogP contribution in [-0.2, 0) is 13.0 Å². The van der Waals surface area contributed by atoms with Gasteiger partial charge in [0.05, 0.1) is 30.1 Å². The molecule has 0 saturated heterocycles. The van der Waals surface area contributed by atoms with Crippen molar-refractivity contribution in [2.75, 3.05) is 14.2 Å². The number of fused-ring (bicyclic) bond motifs is 5. The Hall–Kier alpha value is -3.15. The van der Waals surface area contributed by atoms with Gasteiger partial charge in [0, 0.05) is 36.2 Å². The number of aryl methyl sites for hydroxylation is 1. The zero-order valence-electron chi connectivity index (χ0n) is 14.0. The van der Waals surface area contributed by atoms with E-state index in [1.165, 1.54) is 0 Å². The molecule has 0 atom stereocenters. The lowest BCUT2D eigenvalue weighted by atomic mass is 9.95. The maximum absolute atomic E-state index is 11.0. The van der Waals surface area contributed by atoms with Gasteiger partial charge in [-0.05, 0) is 18.2 Å². The second-order valence-electron chi connectivity index (χ2n) is 5.95. The van der Waals surface area contributed by atoms with Crippen molar-refractivity contribution in [2.45, 2.75) is 13.0 Å². The molecule has 126 valence electrons. The number of nitro benzene ring substituents is 1. The van der Waals surface area contributed by atoms with Gasteiger partial charge in [0.1, 0.15) is 0 Å². The van der Waals surface area contributed by atoms with Gasteiger partial charge in [-0.1, -0.05) is 0 Å². The first-order valence-electron chi connectivity index (χ1n) is 7.99. The van der Waals surface area contributed by atoms with Crippen molar-refractivity contribution < 1.29 is 19.0 Å². The zero-order valence-corrected chi connectivity index (χ0v) is 14.0. The molecule has 0 saturated carbocycles. The third kappa shape index (κ3) is 2.29. The highest BCUT2D eigenvalue weighted by molar-refractivity contribution is 5.81. The minimum absolute atomic E-state index is 0.107. The standard InChI is InChI=1S/C19H17N2O4/c1-24-18-8-5-14-15(19(18)25-2)9-10-20-16-7-4-13(21(22)23)11-12(16)3-6-17(14)20/h3-8,11H,9-10H2,1-2H3/q+1. The molecule has 2 aromatic carbocycles. The number of hydrogen-bond donors (Lipinski definition) is 0. The van der Waals surface area contributed by atoms with Gasteiger partial charge in [-0.2, -0.15) is 4.57 Å². The Kier molecular flexibility index (Phi) is 3.53. The SMILES string of the molecule is COc1ccc2c(c1OC)CC[n+]1c-2ccc2cc([N+](=O)[O-])ccc21. The number of methoxy groups -OCH3 is 2. The Morgan fingerprint density at radius 2 is 1.92 bits per heavy atom. The van der Waals surface area contributed by atoms with Gasteiger partial charge in [0.25, 0.3) is 5.69 Å². The van der Waals surface area contributed by atoms with Crippen LogP contribution in [0.4, 0.5) is 5.69 Å². The molecule has 0 radical (unpaired) electrons. The maximum Gasteiger partial charge on any atom is 0.270 e. The van der Waals surface area contributed by atoms with E-state index in [-0.39, 0.29) is 10.6 Å². The molecule has 0 N–H and O–H groups in total. The van der Waals surface area contributed by atoms with E-state index in [2.05, 4.69) is 4.57 Å². The minimum Gasteiger partial charge on any atom is -0.493 e. The number of pyridine rings is 1. The van der Waals surface area contributed by atoms with E-state index in [0.29, 0.717) is 0 Å². The predicted molar refractivity (Wildman–Crippen MR) is 93.0 cm³/mol. The van der Waals surface area contributed by atoms with Gasteiger partial charge >= 0.3 is 0 Å². The van der Waals surface area contributed by atoms with E-state index in [4.69, 9.17) is 9.47 Å². The van der Waals surface area contributed by atoms with Gasteiger partial charge in [-0.3, -0.25) is 10.1 Å². The summed E-state index contributed by atoms with van der Waals surface area (Å²) in [5, 5.41) is 11.9. The molecule has 0 fully saturated rings. The number of nitro groups is 1. The highest BCUT2D eigenvalue weighted by atomic mass is 16.6. The Labute approximate surface area is 144 Å². The summed E-state index contributed by atoms with van der Waals surface area (Å²) in [7, 11) is 3.29. The molecule has 1 aromatic heterocycles. The molecule has 2 heterocycles. The Bertz CT molecular complexity index is 1010. The van der Waals surface area contributed by atoms with Crippen LogP contribution in [-0.4, -0.2) is 19.1 Å². The second kappa shape index (κ2) is 5.73. The lowest BCUT2D eigenvalue weighted by Crippen LogP contribution is -2.41. The number of benzene rings is 2. The van der Waals surface area contributed by atoms with Crippen molar-refractivity contribution in [2.24, 2.45) is 0 Å². The van der Waals surface area contributed by atoms with Gasteiger partial charge in [0.2, 0.25) is 11.2 Å². The lowest BCUT2D eigenvalue weighted by molar-refractivity contribution is -0.662. The fourth-order valence-electron chi connectivity index (χ4n) is 3.60. The molecule has 0 amide bonds. The van der Waals surface area contributed by atoms with Crippen molar-refractivity contribution in [1.29, 1.82) is 0 Å². The first kappa shape index (κ1) is 15.4. The van der Waals surface area contributed by atoms with E-state index in [1.807, 2.05) is 30.3 Å². The molecule has 4 rings (SSSR count). The summed E-state index contributed by atoms with van der Waals surface area (Å²) in [6, 6.07) is 12.9. The largest absolute Gasteiger partial charge is 0.493 e. The van der Waals surface area contributed by atoms with Crippen LogP contribution in [0.25, 0.3) is 22.2 Å². The summed E-state index contributed by atoms with van der Waals surface area (Å²) in [5.74, 6) is 1.50. The predicted octanol–water partition coefficient (Wildman–Crippen LogP) is 3.28. The van der Waals surface area contributed by atoms with E-state index in [1.54, 1.807) is 26.4 Å². The van der Waals surface area contributed by atoms with Crippen LogP contribution in [0.15, 0.2) is 42.5 Å². The van der Waals surface area contributed by atoms with Crippen molar-refractivity contribution in [1.82, 2.24) is 0 Å². The van der Waals surface area contributed by atoms with Crippen LogP contribution in [0.1, 0.15) is 5.56 Å². The summed E-state index contributed by atoms with van der Waals surface area (Å²) >= 11 is 0. The van der Waals surface area contributed by atoms with E-state index in [0.717, 1.165) is 52.2 Å². The number of hydrogen-bond acceptors (Lipinski definition) is 4. The van der Waals surface area contributed by atoms with Crippen LogP contribution < -0.4 is 14.0 Å². The summed E-state index contributed by atoms with van der Waals surface area (Å²) in [5.41, 5.74) is 4.40. The van der Waals surface area contributed by atoms with Crippen LogP contribution in [0, 0.1) is 10.1 Å². The Morgan fingerprint density at radius 3 is 2.64 bits per heavy atom. The monoisotopic (exact) mass is 337 g/mol. The highest BCUT2D eigenvalue weighted by Gasteiger charge is 2.29. The first-order valence-corrected chi connectivity index (χ1v) is 7.99. The summed E-state index contributed by atoms with van der Waals surface area (Å²) < 4.78 is 13.2. The highest BCUT2D eigenvalue weighted by Crippen LogP contribution is 2.39. The summed E-state index contributed by atoms with van der Waals surface area (Å²) in [6.45, 7) is 0.779. The number of rotatable bonds is 3. The molecule has 6 nitrogen and oxygen atoms in total. The average Bonchev–Trinajstić information content (AvgIpc) is 2.65. The van der Waals surface area contributed by atoms with Crippen molar-refractivity contribution >= 4 is 16.6 Å². The van der Waals surface area contributed by atoms with Gasteiger partial charge < -0.3 is 9.47 Å². The molecule has 0 bridgehead atoms. The lowest BCUT2D eigenvalue weighted by Gasteiger charge is -2.20. The fourth-order valence-corrected chi connectivity index (χ4v) is 3.60. The number of aromatic nitrogens is 1. The molecular weight excluding hydrogens is 320 g/mol. The van der Waals surface area contributed by atoms with Crippen LogP contribution in [0.5, 0.6) is 11.5 Å². The average molecular weight is 337 g/mol. The molecule has 0 aliphatic carbocycles. The molecule has 1 aliphatic rings. The molecule has 0 spiro atoms. The van der Waals surface area contributed by atoms with Gasteiger partial charge in [-0.15, -0.1) is 0 Å². The topological polar surface area (TPSA) is 65.5 Å². The van der Waals surface area contributed by atoms with E-state index >= 15 is 0 Å². The van der Waals surface area contributed by atoms with Crippen molar-refractivity contribution in [3.63, 3.8) is 0 Å². The fraction of sp³-hybridized carbons (Fsp3) is 0.211. The molecule has 0 unspecified atom stereocenters. The molecule has 3 aromatic rings. The van der Waals surface area contributed by atoms with Crippen LogP contribution >= 0.6 is 0 Å². The maximum atomic E-state index is 11.0. The van der Waals surface area contributed by atoms with Gasteiger partial charge in [0.15, 0.2) is 18.0 Å². The zero-order chi connectivity index (χ0) is 17.6. The van der Waals surface area contributed by atoms with Crippen molar-refractivity contribution in [3.05, 3.63) is 58.1 Å². The normalized spacial score (nSPS) is 12.4. The molecular formula is C19H17N2O4+. The van der Waals surface area contributed by atoms with Gasteiger partial charge in [-0.25, -0.2) is 0 Å². The number of nitrogens with zero attached hydrogens (tertiary/aromatic N) is 2. The Morgan fingerprint density at radius 1 is 1.08 bits per heavy atom. The summed E-state index contributed by atoms with van der Waals surface area (Å²) in [6.07, 6.45) is 0.809. The third-order valence-electron chi connectivity index (χ3n) is 4.73. The number of non-ortho nitro benzene ring substituents is 1. The Balaban J connectivity index is 1.94. The van der Waals surface area contributed by atoms with Crippen LogP contribution in [0.3, 0.4) is 0 Å².